The summed E-state index contributed by atoms with van der Waals surface area (Å²) in [4.78, 5) is 84.7. The first-order chi connectivity index (χ1) is 28.4. The number of nitrogens with one attached hydrogen (secondary N) is 1. The molecule has 0 bridgehead atoms. The number of hydrogen-bond acceptors (Lipinski definition) is 10. The Morgan fingerprint density at radius 1 is 0.814 bits per heavy atom. The molecule has 0 saturated carbocycles. The molecular weight excluding hydrogens is 757 g/mol. The zero-order chi connectivity index (χ0) is 42.5. The highest BCUT2D eigenvalue weighted by molar-refractivity contribution is 6.12. The largest absolute Gasteiger partial charge is 0.480 e. The number of carbonyl (C=O) groups excluding carboxylic acids is 3. The van der Waals surface area contributed by atoms with Crippen LogP contribution in [0.1, 0.15) is 75.7 Å². The smallest absolute Gasteiger partial charge is 0.332 e. The quantitative estimate of drug-likeness (QED) is 0.0596. The van der Waals surface area contributed by atoms with Gasteiger partial charge in [-0.2, -0.15) is 0 Å². The van der Waals surface area contributed by atoms with Gasteiger partial charge < -0.3 is 25.8 Å². The number of amides is 3. The Bertz CT molecular complexity index is 2230. The topological polar surface area (TPSA) is 215 Å². The molecule has 1 unspecified atom stereocenters. The molecular formula is C43H56N8O8. The van der Waals surface area contributed by atoms with Crippen molar-refractivity contribution < 1.29 is 29.4 Å². The molecule has 2 aromatic carbocycles. The minimum Gasteiger partial charge on any atom is -0.480 e. The van der Waals surface area contributed by atoms with E-state index in [2.05, 4.69) is 10.2 Å². The van der Waals surface area contributed by atoms with Gasteiger partial charge in [-0.15, -0.1) is 0 Å². The highest BCUT2D eigenvalue weighted by atomic mass is 16.4. The summed E-state index contributed by atoms with van der Waals surface area (Å²) in [5.41, 5.74) is 6.64. The van der Waals surface area contributed by atoms with Gasteiger partial charge in [-0.25, -0.2) is 9.78 Å². The van der Waals surface area contributed by atoms with Crippen LogP contribution in [0.3, 0.4) is 0 Å². The number of hydrogen-bond donors (Lipinski definition) is 4. The molecule has 4 aromatic rings. The number of benzene rings is 2. The highest BCUT2D eigenvalue weighted by Gasteiger charge is 2.36. The SMILES string of the molecule is CCCn1c(=O)c2c(nc(Cc3ccccc3)n2CCN(CC)CCO)n(CCc2ccc(NC(=O)CC(N)(CCCCCCN3C(=O)C=CC3=O)C(=O)O)cc2)c1=O. The van der Waals surface area contributed by atoms with Crippen molar-refractivity contribution in [3.05, 3.63) is 105 Å². The van der Waals surface area contributed by atoms with Crippen molar-refractivity contribution in [1.82, 2.24) is 28.5 Å². The molecule has 1 atom stereocenters. The van der Waals surface area contributed by atoms with E-state index in [0.29, 0.717) is 93.8 Å². The summed E-state index contributed by atoms with van der Waals surface area (Å²) in [6, 6.07) is 16.8. The van der Waals surface area contributed by atoms with Gasteiger partial charge in [-0.05, 0) is 55.5 Å². The molecule has 3 amide bonds. The summed E-state index contributed by atoms with van der Waals surface area (Å²) < 4.78 is 4.77. The summed E-state index contributed by atoms with van der Waals surface area (Å²) in [7, 11) is 0. The van der Waals surface area contributed by atoms with Crippen LogP contribution >= 0.6 is 0 Å². The second kappa shape index (κ2) is 20.8. The fourth-order valence-electron chi connectivity index (χ4n) is 7.40. The van der Waals surface area contributed by atoms with Crippen molar-refractivity contribution >= 4 is 40.5 Å². The third kappa shape index (κ3) is 11.3. The predicted octanol–water partition coefficient (Wildman–Crippen LogP) is 2.90. The summed E-state index contributed by atoms with van der Waals surface area (Å²) >= 11 is 0. The van der Waals surface area contributed by atoms with E-state index >= 15 is 0 Å². The summed E-state index contributed by atoms with van der Waals surface area (Å²) in [6.07, 6.45) is 5.89. The van der Waals surface area contributed by atoms with E-state index in [1.807, 2.05) is 60.9 Å². The van der Waals surface area contributed by atoms with Gasteiger partial charge in [-0.1, -0.05) is 75.6 Å². The Kier molecular flexibility index (Phi) is 15.7. The number of aliphatic hydroxyl groups is 1. The molecule has 5 N–H and O–H groups in total. The van der Waals surface area contributed by atoms with Gasteiger partial charge in [0.1, 0.15) is 11.4 Å². The molecule has 1 aliphatic rings. The third-order valence-electron chi connectivity index (χ3n) is 10.8. The van der Waals surface area contributed by atoms with Crippen molar-refractivity contribution in [3.8, 4) is 0 Å². The minimum absolute atomic E-state index is 0.0159. The van der Waals surface area contributed by atoms with E-state index in [0.717, 1.165) is 17.7 Å². The number of aromatic nitrogens is 4. The summed E-state index contributed by atoms with van der Waals surface area (Å²) in [5.74, 6) is -1.83. The normalized spacial score (nSPS) is 13.8. The molecule has 59 heavy (non-hydrogen) atoms. The van der Waals surface area contributed by atoms with E-state index in [-0.39, 0.29) is 43.5 Å². The van der Waals surface area contributed by atoms with Crippen molar-refractivity contribution in [2.75, 3.05) is 38.1 Å². The average Bonchev–Trinajstić information content (AvgIpc) is 3.74. The summed E-state index contributed by atoms with van der Waals surface area (Å²) in [6.45, 7) is 6.97. The van der Waals surface area contributed by atoms with Crippen molar-refractivity contribution in [3.63, 3.8) is 0 Å². The molecule has 1 aliphatic heterocycles. The zero-order valence-electron chi connectivity index (χ0n) is 34.0. The number of nitrogens with two attached hydrogens (primary N) is 1. The van der Waals surface area contributed by atoms with Crippen LogP contribution < -0.4 is 22.3 Å². The lowest BCUT2D eigenvalue weighted by atomic mass is 9.89. The molecule has 0 fully saturated rings. The number of likely N-dealkylation sites (N-methyl/N-ethyl adjacent to an activating group) is 1. The number of carboxylic acid groups (broad SMARTS) is 1. The lowest BCUT2D eigenvalue weighted by Crippen LogP contribution is -2.50. The lowest BCUT2D eigenvalue weighted by Gasteiger charge is -2.24. The van der Waals surface area contributed by atoms with Crippen LogP contribution in [-0.4, -0.2) is 101 Å². The van der Waals surface area contributed by atoms with Crippen molar-refractivity contribution in [2.45, 2.75) is 96.8 Å². The van der Waals surface area contributed by atoms with Crippen LogP contribution in [0.4, 0.5) is 5.69 Å². The van der Waals surface area contributed by atoms with Gasteiger partial charge in [0.05, 0.1) is 13.0 Å². The van der Waals surface area contributed by atoms with Gasteiger partial charge in [0, 0.05) is 63.5 Å². The fourth-order valence-corrected chi connectivity index (χ4v) is 7.40. The number of imidazole rings is 1. The Labute approximate surface area is 342 Å². The van der Waals surface area contributed by atoms with E-state index in [1.165, 1.54) is 21.6 Å². The first-order valence-corrected chi connectivity index (χ1v) is 20.4. The Balaban J connectivity index is 1.26. The van der Waals surface area contributed by atoms with Crippen LogP contribution in [0.25, 0.3) is 11.2 Å². The van der Waals surface area contributed by atoms with Crippen molar-refractivity contribution in [1.29, 1.82) is 0 Å². The number of rotatable bonds is 24. The maximum Gasteiger partial charge on any atom is 0.332 e. The number of nitrogens with zero attached hydrogens (tertiary/aromatic N) is 6. The van der Waals surface area contributed by atoms with Gasteiger partial charge >= 0.3 is 11.7 Å². The molecule has 16 heteroatoms. The number of unbranched alkanes of at least 4 members (excludes halogenated alkanes) is 3. The molecule has 0 saturated heterocycles. The summed E-state index contributed by atoms with van der Waals surface area (Å²) in [5, 5.41) is 22.2. The van der Waals surface area contributed by atoms with Gasteiger partial charge in [-0.3, -0.25) is 42.9 Å². The van der Waals surface area contributed by atoms with Crippen LogP contribution in [0.5, 0.6) is 0 Å². The van der Waals surface area contributed by atoms with Gasteiger partial charge in [0.15, 0.2) is 11.2 Å². The highest BCUT2D eigenvalue weighted by Crippen LogP contribution is 2.21. The van der Waals surface area contributed by atoms with E-state index < -0.39 is 29.5 Å². The molecule has 16 nitrogen and oxygen atoms in total. The molecule has 0 radical (unpaired) electrons. The first-order valence-electron chi connectivity index (χ1n) is 20.4. The standard InChI is InChI=1S/C43H56N8O8/c1-3-22-51-40(56)38-39(46-34(29-32-12-8-7-9-13-32)48(38)26-25-47(4-2)27-28-52)50(42(51)59)24-20-31-14-16-33(17-15-31)45-35(53)30-43(44,41(57)58)21-10-5-6-11-23-49-36(54)18-19-37(49)55/h7-9,12-19,52H,3-6,10-11,20-30,44H2,1-2H3,(H,45,53)(H,57,58). The first kappa shape index (κ1) is 44.4. The fraction of sp³-hybridized carbons (Fsp3) is 0.465. The maximum absolute atomic E-state index is 14.0. The number of aliphatic carboxylic acids is 1. The Morgan fingerprint density at radius 2 is 1.51 bits per heavy atom. The molecule has 2 aromatic heterocycles. The molecule has 0 spiro atoms. The second-order valence-corrected chi connectivity index (χ2v) is 15.0. The number of anilines is 1. The van der Waals surface area contributed by atoms with Gasteiger partial charge in [0.2, 0.25) is 5.91 Å². The van der Waals surface area contributed by atoms with Crippen LogP contribution in [-0.2, 0) is 51.7 Å². The number of aryl methyl sites for hydroxylation is 2. The number of carbonyl (C=O) groups is 4. The lowest BCUT2D eigenvalue weighted by molar-refractivity contribution is -0.145. The average molecular weight is 813 g/mol. The Morgan fingerprint density at radius 3 is 2.15 bits per heavy atom. The van der Waals surface area contributed by atoms with Crippen LogP contribution in [0.15, 0.2) is 76.3 Å². The molecule has 5 rings (SSSR count). The van der Waals surface area contributed by atoms with E-state index in [4.69, 9.17) is 10.7 Å². The molecule has 0 aliphatic carbocycles. The second-order valence-electron chi connectivity index (χ2n) is 15.0. The molecule has 316 valence electrons. The van der Waals surface area contributed by atoms with E-state index in [1.54, 1.807) is 16.7 Å². The van der Waals surface area contributed by atoms with E-state index in [9.17, 15) is 39.0 Å². The maximum atomic E-state index is 14.0. The minimum atomic E-state index is -1.77. The predicted molar refractivity (Wildman–Crippen MR) is 224 cm³/mol. The van der Waals surface area contributed by atoms with Crippen molar-refractivity contribution in [2.24, 2.45) is 5.73 Å². The number of aliphatic hydroxyl groups excluding tert-OH is 1. The number of fused-ring (bicyclic) bond motifs is 1. The monoisotopic (exact) mass is 812 g/mol. The van der Waals surface area contributed by atoms with Crippen LogP contribution in [0, 0.1) is 0 Å². The van der Waals surface area contributed by atoms with Crippen LogP contribution in [0.2, 0.25) is 0 Å². The number of carboxylic acids is 1. The Hall–Kier alpha value is -5.71. The third-order valence-corrected chi connectivity index (χ3v) is 10.8. The molecule has 3 heterocycles. The zero-order valence-corrected chi connectivity index (χ0v) is 34.0. The van der Waals surface area contributed by atoms with Gasteiger partial charge in [0.25, 0.3) is 17.4 Å². The number of imide groups is 1.